The highest BCUT2D eigenvalue weighted by Crippen LogP contribution is 2.25. The van der Waals surface area contributed by atoms with Gasteiger partial charge in [-0.3, -0.25) is 4.79 Å². The standard InChI is InChI=1S/C24H20N2O3/c1-28-22-9-5-8-20(14-22)24(27)25-16-21-15-23(29-26-21)19-12-10-18(11-13-19)17-6-3-2-4-7-17/h2-15H,16H2,1H3,(H,25,27). The third-order valence-corrected chi connectivity index (χ3v) is 4.60. The van der Waals surface area contributed by atoms with Crippen LogP contribution in [0.2, 0.25) is 0 Å². The lowest BCUT2D eigenvalue weighted by Gasteiger charge is -2.05. The van der Waals surface area contributed by atoms with Crippen LogP contribution in [0.4, 0.5) is 0 Å². The highest BCUT2D eigenvalue weighted by molar-refractivity contribution is 5.94. The Hall–Kier alpha value is -3.86. The Morgan fingerprint density at radius 1 is 0.897 bits per heavy atom. The largest absolute Gasteiger partial charge is 0.497 e. The number of nitrogens with one attached hydrogen (secondary N) is 1. The van der Waals surface area contributed by atoms with Crippen LogP contribution in [0.25, 0.3) is 22.5 Å². The predicted octanol–water partition coefficient (Wildman–Crippen LogP) is 4.95. The number of hydrogen-bond acceptors (Lipinski definition) is 4. The van der Waals surface area contributed by atoms with Crippen molar-refractivity contribution in [3.63, 3.8) is 0 Å². The minimum Gasteiger partial charge on any atom is -0.497 e. The zero-order valence-electron chi connectivity index (χ0n) is 16.0. The molecule has 1 amide bonds. The van der Waals surface area contributed by atoms with Crippen LogP contribution in [0, 0.1) is 0 Å². The van der Waals surface area contributed by atoms with Crippen LogP contribution in [0.1, 0.15) is 16.1 Å². The van der Waals surface area contributed by atoms with Crippen molar-refractivity contribution < 1.29 is 14.1 Å². The summed E-state index contributed by atoms with van der Waals surface area (Å²) in [6, 6.07) is 27.1. The van der Waals surface area contributed by atoms with Crippen LogP contribution in [-0.2, 0) is 6.54 Å². The molecular weight excluding hydrogens is 364 g/mol. The van der Waals surface area contributed by atoms with Crippen LogP contribution in [0.3, 0.4) is 0 Å². The van der Waals surface area contributed by atoms with E-state index in [-0.39, 0.29) is 12.5 Å². The van der Waals surface area contributed by atoms with Crippen LogP contribution in [0.15, 0.2) is 89.5 Å². The Morgan fingerprint density at radius 3 is 2.38 bits per heavy atom. The summed E-state index contributed by atoms with van der Waals surface area (Å²) in [6.07, 6.45) is 0. The molecule has 0 aliphatic carbocycles. The number of methoxy groups -OCH3 is 1. The molecule has 1 N–H and O–H groups in total. The van der Waals surface area contributed by atoms with Gasteiger partial charge in [-0.2, -0.15) is 0 Å². The van der Waals surface area contributed by atoms with E-state index in [1.165, 1.54) is 0 Å². The van der Waals surface area contributed by atoms with E-state index in [4.69, 9.17) is 9.26 Å². The summed E-state index contributed by atoms with van der Waals surface area (Å²) < 4.78 is 10.6. The minimum atomic E-state index is -0.194. The van der Waals surface area contributed by atoms with Gasteiger partial charge in [-0.25, -0.2) is 0 Å². The summed E-state index contributed by atoms with van der Waals surface area (Å²) in [5.74, 6) is 1.11. The van der Waals surface area contributed by atoms with Crippen molar-refractivity contribution in [1.29, 1.82) is 0 Å². The quantitative estimate of drug-likeness (QED) is 0.511. The number of carbonyl (C=O) groups excluding carboxylic acids is 1. The SMILES string of the molecule is COc1cccc(C(=O)NCc2cc(-c3ccc(-c4ccccc4)cc3)on2)c1. The van der Waals surface area contributed by atoms with Gasteiger partial charge in [-0.15, -0.1) is 0 Å². The topological polar surface area (TPSA) is 64.4 Å². The van der Waals surface area contributed by atoms with Crippen LogP contribution in [0.5, 0.6) is 5.75 Å². The lowest BCUT2D eigenvalue weighted by molar-refractivity contribution is 0.0949. The molecule has 0 unspecified atom stereocenters. The molecular formula is C24H20N2O3. The van der Waals surface area contributed by atoms with Crippen molar-refractivity contribution in [3.8, 4) is 28.2 Å². The maximum Gasteiger partial charge on any atom is 0.251 e. The maximum atomic E-state index is 12.3. The molecule has 0 aliphatic rings. The molecule has 0 saturated carbocycles. The van der Waals surface area contributed by atoms with Gasteiger partial charge in [0, 0.05) is 17.2 Å². The van der Waals surface area contributed by atoms with E-state index in [0.717, 1.165) is 16.7 Å². The van der Waals surface area contributed by atoms with Crippen molar-refractivity contribution in [2.24, 2.45) is 0 Å². The molecule has 3 aromatic carbocycles. The summed E-state index contributed by atoms with van der Waals surface area (Å²) in [5, 5.41) is 6.90. The zero-order chi connectivity index (χ0) is 20.1. The fourth-order valence-corrected chi connectivity index (χ4v) is 3.03. The molecule has 0 radical (unpaired) electrons. The van der Waals surface area contributed by atoms with E-state index < -0.39 is 0 Å². The minimum absolute atomic E-state index is 0.194. The molecule has 5 heteroatoms. The van der Waals surface area contributed by atoms with E-state index in [0.29, 0.717) is 22.8 Å². The fourth-order valence-electron chi connectivity index (χ4n) is 3.03. The summed E-state index contributed by atoms with van der Waals surface area (Å²) >= 11 is 0. The molecule has 0 fully saturated rings. The highest BCUT2D eigenvalue weighted by atomic mass is 16.5. The van der Waals surface area contributed by atoms with E-state index in [2.05, 4.69) is 34.7 Å². The molecule has 0 aliphatic heterocycles. The molecule has 0 atom stereocenters. The van der Waals surface area contributed by atoms with Gasteiger partial charge in [0.2, 0.25) is 0 Å². The van der Waals surface area contributed by atoms with Gasteiger partial charge in [0.15, 0.2) is 5.76 Å². The van der Waals surface area contributed by atoms with Gasteiger partial charge >= 0.3 is 0 Å². The van der Waals surface area contributed by atoms with Crippen molar-refractivity contribution in [3.05, 3.63) is 96.2 Å². The molecule has 0 saturated heterocycles. The smallest absolute Gasteiger partial charge is 0.251 e. The predicted molar refractivity (Wildman–Crippen MR) is 112 cm³/mol. The number of amides is 1. The van der Waals surface area contributed by atoms with Crippen molar-refractivity contribution in [2.75, 3.05) is 7.11 Å². The molecule has 144 valence electrons. The third-order valence-electron chi connectivity index (χ3n) is 4.60. The van der Waals surface area contributed by atoms with Gasteiger partial charge in [-0.05, 0) is 29.3 Å². The second kappa shape index (κ2) is 8.44. The average molecular weight is 384 g/mol. The second-order valence-electron chi connectivity index (χ2n) is 6.54. The van der Waals surface area contributed by atoms with Crippen molar-refractivity contribution in [1.82, 2.24) is 10.5 Å². The lowest BCUT2D eigenvalue weighted by Crippen LogP contribution is -2.22. The zero-order valence-corrected chi connectivity index (χ0v) is 16.0. The number of hydrogen-bond donors (Lipinski definition) is 1. The maximum absolute atomic E-state index is 12.3. The van der Waals surface area contributed by atoms with Crippen molar-refractivity contribution in [2.45, 2.75) is 6.54 Å². The third kappa shape index (κ3) is 4.35. The Kier molecular flexibility index (Phi) is 5.38. The Balaban J connectivity index is 1.41. The average Bonchev–Trinajstić information content (AvgIpc) is 3.27. The van der Waals surface area contributed by atoms with E-state index in [1.54, 1.807) is 31.4 Å². The molecule has 4 rings (SSSR count). The van der Waals surface area contributed by atoms with Crippen LogP contribution in [-0.4, -0.2) is 18.2 Å². The number of rotatable bonds is 6. The molecule has 1 aromatic heterocycles. The molecule has 5 nitrogen and oxygen atoms in total. The van der Waals surface area contributed by atoms with Gasteiger partial charge in [0.05, 0.1) is 13.7 Å². The summed E-state index contributed by atoms with van der Waals surface area (Å²) in [6.45, 7) is 0.279. The number of nitrogens with zero attached hydrogens (tertiary/aromatic N) is 1. The van der Waals surface area contributed by atoms with Gasteiger partial charge in [0.1, 0.15) is 11.4 Å². The molecule has 0 bridgehead atoms. The first kappa shape index (κ1) is 18.5. The molecule has 29 heavy (non-hydrogen) atoms. The molecule has 4 aromatic rings. The summed E-state index contributed by atoms with van der Waals surface area (Å²) in [7, 11) is 1.57. The van der Waals surface area contributed by atoms with Crippen LogP contribution >= 0.6 is 0 Å². The van der Waals surface area contributed by atoms with E-state index >= 15 is 0 Å². The van der Waals surface area contributed by atoms with Crippen LogP contribution < -0.4 is 10.1 Å². The van der Waals surface area contributed by atoms with E-state index in [9.17, 15) is 4.79 Å². The number of ether oxygens (including phenoxy) is 1. The van der Waals surface area contributed by atoms with Gasteiger partial charge in [0.25, 0.3) is 5.91 Å². The molecule has 1 heterocycles. The Bertz CT molecular complexity index is 1100. The number of carbonyl (C=O) groups is 1. The van der Waals surface area contributed by atoms with Crippen molar-refractivity contribution >= 4 is 5.91 Å². The number of aromatic nitrogens is 1. The first-order valence-corrected chi connectivity index (χ1v) is 9.26. The Morgan fingerprint density at radius 2 is 1.62 bits per heavy atom. The van der Waals surface area contributed by atoms with E-state index in [1.807, 2.05) is 36.4 Å². The first-order valence-electron chi connectivity index (χ1n) is 9.26. The second-order valence-corrected chi connectivity index (χ2v) is 6.54. The normalized spacial score (nSPS) is 10.5. The van der Waals surface area contributed by atoms with Gasteiger partial charge in [-0.1, -0.05) is 65.8 Å². The lowest BCUT2D eigenvalue weighted by atomic mass is 10.0. The summed E-state index contributed by atoms with van der Waals surface area (Å²) in [4.78, 5) is 12.3. The monoisotopic (exact) mass is 384 g/mol. The first-order chi connectivity index (χ1) is 14.2. The fraction of sp³-hybridized carbons (Fsp3) is 0.0833. The van der Waals surface area contributed by atoms with Gasteiger partial charge < -0.3 is 14.6 Å². The molecule has 0 spiro atoms. The highest BCUT2D eigenvalue weighted by Gasteiger charge is 2.10. The number of benzene rings is 3. The summed E-state index contributed by atoms with van der Waals surface area (Å²) in [5.41, 5.74) is 4.42. The Labute approximate surface area is 168 Å².